The average molecular weight is 96.2 g/mol. The molecule has 0 saturated heterocycles. The van der Waals surface area contributed by atoms with Gasteiger partial charge in [-0.3, -0.25) is 0 Å². The quantitative estimate of drug-likeness (QED) is 0.495. The Kier molecular flexibility index (Phi) is 3.77. The van der Waals surface area contributed by atoms with Crippen molar-refractivity contribution in [1.29, 1.82) is 0 Å². The molecule has 0 spiro atoms. The molecule has 0 fully saturated rings. The van der Waals surface area contributed by atoms with Crippen LogP contribution in [0.1, 0.15) is 19.8 Å². The molecule has 0 N–H and O–H groups in total. The summed E-state index contributed by atoms with van der Waals surface area (Å²) in [6, 6.07) is 0. The number of rotatable bonds is 2. The average Bonchev–Trinajstić information content (AvgIpc) is 1.68. The normalized spacial score (nSPS) is 12.1. The van der Waals surface area contributed by atoms with Crippen molar-refractivity contribution in [2.75, 3.05) is 0 Å². The third-order valence-corrected chi connectivity index (χ3v) is 0.887. The van der Waals surface area contributed by atoms with E-state index in [2.05, 4.69) is 20.8 Å². The molecule has 0 aliphatic heterocycles. The molecule has 0 heterocycles. The first-order chi connectivity index (χ1) is 3.31. The van der Waals surface area contributed by atoms with Gasteiger partial charge in [-0.05, 0) is 26.7 Å². The van der Waals surface area contributed by atoms with E-state index in [-0.39, 0.29) is 0 Å². The molecule has 0 rings (SSSR count). The molecule has 0 aromatic heterocycles. The molecular formula is C7H12. The van der Waals surface area contributed by atoms with Crippen LogP contribution in [0.5, 0.6) is 0 Å². The van der Waals surface area contributed by atoms with Gasteiger partial charge in [0.1, 0.15) is 0 Å². The summed E-state index contributed by atoms with van der Waals surface area (Å²) in [6.07, 6.45) is 3.96. The molecule has 0 heteroatoms. The summed E-state index contributed by atoms with van der Waals surface area (Å²) in [5.41, 5.74) is 1.19. The maximum atomic E-state index is 3.77. The van der Waals surface area contributed by atoms with Gasteiger partial charge < -0.3 is 0 Å². The lowest BCUT2D eigenvalue weighted by Crippen LogP contribution is -1.68. The number of hydrogen-bond acceptors (Lipinski definition) is 0. The van der Waals surface area contributed by atoms with Gasteiger partial charge in [0.2, 0.25) is 0 Å². The van der Waals surface area contributed by atoms with E-state index in [1.54, 1.807) is 0 Å². The van der Waals surface area contributed by atoms with Crippen molar-refractivity contribution in [3.8, 4) is 0 Å². The zero-order chi connectivity index (χ0) is 5.70. The molecule has 0 amide bonds. The summed E-state index contributed by atoms with van der Waals surface area (Å²) < 4.78 is 0. The summed E-state index contributed by atoms with van der Waals surface area (Å²) in [6.45, 7) is 9.52. The standard InChI is InChI=1S/C7H12/c1-4-6-7(3)5-2/h6H,1,3-5H2,2H3/b7-6-. The minimum Gasteiger partial charge on any atom is -0.0853 e. The van der Waals surface area contributed by atoms with Gasteiger partial charge >= 0.3 is 0 Å². The van der Waals surface area contributed by atoms with E-state index in [4.69, 9.17) is 0 Å². The lowest BCUT2D eigenvalue weighted by atomic mass is 10.2. The smallest absolute Gasteiger partial charge is 0.0283 e. The molecule has 2 radical (unpaired) electrons. The van der Waals surface area contributed by atoms with Crippen molar-refractivity contribution in [2.24, 2.45) is 0 Å². The highest BCUT2D eigenvalue weighted by Gasteiger charge is 1.77. The zero-order valence-corrected chi connectivity index (χ0v) is 4.91. The zero-order valence-electron chi connectivity index (χ0n) is 4.91. The molecule has 0 bridgehead atoms. The van der Waals surface area contributed by atoms with Crippen LogP contribution in [-0.4, -0.2) is 0 Å². The van der Waals surface area contributed by atoms with Crippen LogP contribution in [0.2, 0.25) is 0 Å². The van der Waals surface area contributed by atoms with Crippen molar-refractivity contribution >= 4 is 0 Å². The van der Waals surface area contributed by atoms with Crippen LogP contribution in [0.25, 0.3) is 0 Å². The van der Waals surface area contributed by atoms with Crippen LogP contribution < -0.4 is 0 Å². The highest BCUT2D eigenvalue weighted by atomic mass is 13.8. The fraction of sp³-hybridized carbons (Fsp3) is 0.429. The highest BCUT2D eigenvalue weighted by Crippen LogP contribution is 1.96. The first-order valence-electron chi connectivity index (χ1n) is 2.61. The third-order valence-electron chi connectivity index (χ3n) is 0.887. The minimum atomic E-state index is 0.868. The van der Waals surface area contributed by atoms with Crippen LogP contribution in [0.4, 0.5) is 0 Å². The fourth-order valence-electron chi connectivity index (χ4n) is 0.348. The van der Waals surface area contributed by atoms with E-state index in [0.717, 1.165) is 12.8 Å². The molecule has 7 heavy (non-hydrogen) atoms. The maximum absolute atomic E-state index is 3.77. The van der Waals surface area contributed by atoms with E-state index in [9.17, 15) is 0 Å². The Balaban J connectivity index is 3.29. The Morgan fingerprint density at radius 1 is 1.71 bits per heavy atom. The summed E-state index contributed by atoms with van der Waals surface area (Å²) in [7, 11) is 0. The molecule has 0 nitrogen and oxygen atoms in total. The molecule has 0 aromatic rings. The second-order valence-corrected chi connectivity index (χ2v) is 1.50. The number of hydrogen-bond donors (Lipinski definition) is 0. The maximum Gasteiger partial charge on any atom is -0.0283 e. The SMILES string of the molecule is [CH2]C/C=C(/[CH2])CC. The van der Waals surface area contributed by atoms with Gasteiger partial charge in [0, 0.05) is 0 Å². The molecule has 0 unspecified atom stereocenters. The van der Waals surface area contributed by atoms with Gasteiger partial charge in [-0.2, -0.15) is 0 Å². The fourth-order valence-corrected chi connectivity index (χ4v) is 0.348. The lowest BCUT2D eigenvalue weighted by Gasteiger charge is -1.88. The van der Waals surface area contributed by atoms with Gasteiger partial charge in [0.05, 0.1) is 0 Å². The molecular weight excluding hydrogens is 84.1 g/mol. The van der Waals surface area contributed by atoms with Gasteiger partial charge in [0.25, 0.3) is 0 Å². The molecule has 40 valence electrons. The van der Waals surface area contributed by atoms with Gasteiger partial charge in [-0.1, -0.05) is 18.6 Å². The second-order valence-electron chi connectivity index (χ2n) is 1.50. The van der Waals surface area contributed by atoms with Crippen molar-refractivity contribution < 1.29 is 0 Å². The summed E-state index contributed by atoms with van der Waals surface area (Å²) in [5, 5.41) is 0. The Labute approximate surface area is 46.2 Å². The summed E-state index contributed by atoms with van der Waals surface area (Å²) in [4.78, 5) is 0. The molecule has 0 aliphatic carbocycles. The van der Waals surface area contributed by atoms with E-state index in [1.165, 1.54) is 5.57 Å². The van der Waals surface area contributed by atoms with Gasteiger partial charge in [-0.15, -0.1) is 0 Å². The van der Waals surface area contributed by atoms with Crippen molar-refractivity contribution in [3.05, 3.63) is 25.5 Å². The Hall–Kier alpha value is -0.260. The first kappa shape index (κ1) is 6.74. The minimum absolute atomic E-state index is 0.868. The van der Waals surface area contributed by atoms with E-state index >= 15 is 0 Å². The van der Waals surface area contributed by atoms with E-state index in [0.29, 0.717) is 0 Å². The number of allylic oxidation sites excluding steroid dienone is 2. The third kappa shape index (κ3) is 3.57. The van der Waals surface area contributed by atoms with Crippen molar-refractivity contribution in [2.45, 2.75) is 19.8 Å². The largest absolute Gasteiger partial charge is 0.0853 e. The molecule has 0 saturated carbocycles. The van der Waals surface area contributed by atoms with Crippen LogP contribution >= 0.6 is 0 Å². The predicted octanol–water partition coefficient (Wildman–Crippen LogP) is 2.38. The Morgan fingerprint density at radius 3 is 2.43 bits per heavy atom. The van der Waals surface area contributed by atoms with Crippen LogP contribution in [0, 0.1) is 13.8 Å². The van der Waals surface area contributed by atoms with E-state index in [1.807, 2.05) is 6.08 Å². The molecule has 0 atom stereocenters. The summed E-state index contributed by atoms with van der Waals surface area (Å²) >= 11 is 0. The topological polar surface area (TPSA) is 0 Å². The predicted molar refractivity (Wildman–Crippen MR) is 33.7 cm³/mol. The lowest BCUT2D eigenvalue weighted by molar-refractivity contribution is 1.12. The Morgan fingerprint density at radius 2 is 2.29 bits per heavy atom. The Bertz CT molecular complexity index is 60.4. The monoisotopic (exact) mass is 96.1 g/mol. The van der Waals surface area contributed by atoms with Crippen LogP contribution in [0.3, 0.4) is 0 Å². The van der Waals surface area contributed by atoms with Gasteiger partial charge in [-0.25, -0.2) is 0 Å². The highest BCUT2D eigenvalue weighted by molar-refractivity contribution is 5.04. The van der Waals surface area contributed by atoms with E-state index < -0.39 is 0 Å². The molecule has 0 aromatic carbocycles. The van der Waals surface area contributed by atoms with Crippen molar-refractivity contribution in [3.63, 3.8) is 0 Å². The molecule has 0 aliphatic rings. The second kappa shape index (κ2) is 3.91. The van der Waals surface area contributed by atoms with Crippen molar-refractivity contribution in [1.82, 2.24) is 0 Å². The van der Waals surface area contributed by atoms with Crippen LogP contribution in [0.15, 0.2) is 11.6 Å². The van der Waals surface area contributed by atoms with Gasteiger partial charge in [0.15, 0.2) is 0 Å². The summed E-state index contributed by atoms with van der Waals surface area (Å²) in [5.74, 6) is 0. The first-order valence-corrected chi connectivity index (χ1v) is 2.61. The van der Waals surface area contributed by atoms with Crippen LogP contribution in [-0.2, 0) is 0 Å².